The van der Waals surface area contributed by atoms with Gasteiger partial charge in [-0.25, -0.2) is 18.2 Å². The van der Waals surface area contributed by atoms with Crippen molar-refractivity contribution in [3.63, 3.8) is 0 Å². The first-order valence-electron chi connectivity index (χ1n) is 7.18. The lowest BCUT2D eigenvalue weighted by Gasteiger charge is -2.08. The van der Waals surface area contributed by atoms with Gasteiger partial charge in [-0.05, 0) is 37.1 Å². The van der Waals surface area contributed by atoms with E-state index in [4.69, 9.17) is 0 Å². The summed E-state index contributed by atoms with van der Waals surface area (Å²) in [7, 11) is 0. The molecule has 1 aliphatic carbocycles. The van der Waals surface area contributed by atoms with Crippen LogP contribution in [0.3, 0.4) is 0 Å². The fraction of sp³-hybridized carbons (Fsp3) is 0.188. The Balaban J connectivity index is 1.77. The van der Waals surface area contributed by atoms with Gasteiger partial charge in [0.15, 0.2) is 17.5 Å². The molecule has 0 aliphatic heterocycles. The Morgan fingerprint density at radius 2 is 1.62 bits per heavy atom. The minimum atomic E-state index is -1.68. The molecule has 0 bridgehead atoms. The summed E-state index contributed by atoms with van der Waals surface area (Å²) >= 11 is 0. The molecule has 1 heterocycles. The minimum Gasteiger partial charge on any atom is -0.348 e. The number of hydrogen-bond donors (Lipinski definition) is 2. The monoisotopic (exact) mass is 335 g/mol. The highest BCUT2D eigenvalue weighted by Crippen LogP contribution is 2.21. The van der Waals surface area contributed by atoms with Crippen molar-refractivity contribution in [3.05, 3.63) is 59.2 Å². The Bertz CT molecular complexity index is 822. The van der Waals surface area contributed by atoms with E-state index in [1.54, 1.807) is 0 Å². The van der Waals surface area contributed by atoms with Crippen LogP contribution in [0.25, 0.3) is 0 Å². The Labute approximate surface area is 134 Å². The predicted octanol–water partition coefficient (Wildman–Crippen LogP) is 2.64. The summed E-state index contributed by atoms with van der Waals surface area (Å²) < 4.78 is 39.6. The number of pyridine rings is 1. The fourth-order valence-corrected chi connectivity index (χ4v) is 1.98. The van der Waals surface area contributed by atoms with E-state index >= 15 is 0 Å². The predicted molar refractivity (Wildman–Crippen MR) is 79.0 cm³/mol. The number of carbonyl (C=O) groups excluding carboxylic acids is 2. The van der Waals surface area contributed by atoms with Crippen LogP contribution in [0.15, 0.2) is 30.3 Å². The maximum Gasteiger partial charge on any atom is 0.274 e. The van der Waals surface area contributed by atoms with Crippen LogP contribution >= 0.6 is 0 Å². The van der Waals surface area contributed by atoms with Gasteiger partial charge in [-0.15, -0.1) is 0 Å². The molecule has 2 aromatic rings. The number of halogens is 3. The highest BCUT2D eigenvalue weighted by molar-refractivity contribution is 6.04. The fourth-order valence-electron chi connectivity index (χ4n) is 1.98. The first kappa shape index (κ1) is 16.0. The van der Waals surface area contributed by atoms with E-state index in [0.29, 0.717) is 6.07 Å². The third-order valence-corrected chi connectivity index (χ3v) is 3.41. The second-order valence-electron chi connectivity index (χ2n) is 5.33. The number of hydrogen-bond acceptors (Lipinski definition) is 3. The maximum atomic E-state index is 13.6. The summed E-state index contributed by atoms with van der Waals surface area (Å²) in [4.78, 5) is 27.9. The molecule has 0 atom stereocenters. The van der Waals surface area contributed by atoms with Crippen LogP contribution in [0, 0.1) is 17.5 Å². The molecule has 0 saturated heterocycles. The van der Waals surface area contributed by atoms with Gasteiger partial charge in [-0.1, -0.05) is 6.07 Å². The third kappa shape index (κ3) is 3.37. The molecular formula is C16H12F3N3O2. The van der Waals surface area contributed by atoms with Crippen molar-refractivity contribution < 1.29 is 22.8 Å². The molecule has 1 aliphatic rings. The van der Waals surface area contributed by atoms with Gasteiger partial charge in [-0.2, -0.15) is 0 Å². The number of nitrogens with zero attached hydrogens (tertiary/aromatic N) is 1. The number of rotatable bonds is 4. The molecule has 1 fully saturated rings. The summed E-state index contributed by atoms with van der Waals surface area (Å²) in [6, 6.07) is 5.93. The molecule has 1 saturated carbocycles. The Morgan fingerprint density at radius 1 is 0.958 bits per heavy atom. The minimum absolute atomic E-state index is 0.0420. The van der Waals surface area contributed by atoms with Crippen LogP contribution in [0.1, 0.15) is 33.8 Å². The van der Waals surface area contributed by atoms with E-state index in [-0.39, 0.29) is 17.4 Å². The average Bonchev–Trinajstić information content (AvgIpc) is 3.39. The molecule has 1 aromatic heterocycles. The summed E-state index contributed by atoms with van der Waals surface area (Å²) in [5.41, 5.74) is -0.628. The molecule has 5 nitrogen and oxygen atoms in total. The van der Waals surface area contributed by atoms with Crippen molar-refractivity contribution in [2.45, 2.75) is 18.9 Å². The van der Waals surface area contributed by atoms with E-state index in [2.05, 4.69) is 15.6 Å². The van der Waals surface area contributed by atoms with Crippen molar-refractivity contribution in [2.75, 3.05) is 5.32 Å². The van der Waals surface area contributed by atoms with Gasteiger partial charge in [0.05, 0.1) is 5.69 Å². The summed E-state index contributed by atoms with van der Waals surface area (Å²) in [6.07, 6.45) is 1.81. The third-order valence-electron chi connectivity index (χ3n) is 3.41. The van der Waals surface area contributed by atoms with Gasteiger partial charge in [-0.3, -0.25) is 9.59 Å². The molecule has 2 N–H and O–H groups in total. The summed E-state index contributed by atoms with van der Waals surface area (Å²) in [5.74, 6) is -5.81. The van der Waals surface area contributed by atoms with Gasteiger partial charge < -0.3 is 10.6 Å². The molecule has 8 heteroatoms. The van der Waals surface area contributed by atoms with Crippen LogP contribution in [-0.2, 0) is 0 Å². The molecule has 2 amide bonds. The van der Waals surface area contributed by atoms with E-state index in [0.717, 1.165) is 18.9 Å². The molecule has 3 rings (SSSR count). The number of amides is 2. The molecule has 24 heavy (non-hydrogen) atoms. The zero-order chi connectivity index (χ0) is 17.3. The SMILES string of the molecule is O=C(Nc1ccc(F)c(F)c1F)c1cccc(C(=O)NC2CC2)n1. The highest BCUT2D eigenvalue weighted by atomic mass is 19.2. The quantitative estimate of drug-likeness (QED) is 0.844. The molecule has 0 unspecified atom stereocenters. The number of anilines is 1. The van der Waals surface area contributed by atoms with Crippen molar-refractivity contribution in [3.8, 4) is 0 Å². The molecule has 0 radical (unpaired) electrons. The number of nitrogens with one attached hydrogen (secondary N) is 2. The smallest absolute Gasteiger partial charge is 0.274 e. The van der Waals surface area contributed by atoms with Gasteiger partial charge in [0, 0.05) is 6.04 Å². The molecule has 0 spiro atoms. The van der Waals surface area contributed by atoms with Gasteiger partial charge >= 0.3 is 0 Å². The lowest BCUT2D eigenvalue weighted by molar-refractivity contribution is 0.0946. The maximum absolute atomic E-state index is 13.6. The average molecular weight is 335 g/mol. The second kappa shape index (κ2) is 6.31. The second-order valence-corrected chi connectivity index (χ2v) is 5.33. The lowest BCUT2D eigenvalue weighted by Crippen LogP contribution is -2.27. The summed E-state index contributed by atoms with van der Waals surface area (Å²) in [5, 5.41) is 4.82. The first-order chi connectivity index (χ1) is 11.5. The van der Waals surface area contributed by atoms with Crippen LogP contribution in [0.5, 0.6) is 0 Å². The number of carbonyl (C=O) groups is 2. The van der Waals surface area contributed by atoms with E-state index in [1.807, 2.05) is 0 Å². The van der Waals surface area contributed by atoms with Crippen LogP contribution in [0.4, 0.5) is 18.9 Å². The molecular weight excluding hydrogens is 323 g/mol. The number of aromatic nitrogens is 1. The zero-order valence-corrected chi connectivity index (χ0v) is 12.3. The normalized spacial score (nSPS) is 13.5. The van der Waals surface area contributed by atoms with Crippen LogP contribution < -0.4 is 10.6 Å². The highest BCUT2D eigenvalue weighted by Gasteiger charge is 2.24. The van der Waals surface area contributed by atoms with Gasteiger partial charge in [0.1, 0.15) is 11.4 Å². The first-order valence-corrected chi connectivity index (χ1v) is 7.18. The zero-order valence-electron chi connectivity index (χ0n) is 12.3. The van der Waals surface area contributed by atoms with Crippen molar-refractivity contribution in [1.82, 2.24) is 10.3 Å². The van der Waals surface area contributed by atoms with Crippen molar-refractivity contribution >= 4 is 17.5 Å². The van der Waals surface area contributed by atoms with Crippen LogP contribution in [0.2, 0.25) is 0 Å². The van der Waals surface area contributed by atoms with E-state index in [9.17, 15) is 22.8 Å². The van der Waals surface area contributed by atoms with Crippen molar-refractivity contribution in [2.24, 2.45) is 0 Å². The van der Waals surface area contributed by atoms with E-state index < -0.39 is 35.0 Å². The van der Waals surface area contributed by atoms with Gasteiger partial charge in [0.25, 0.3) is 11.8 Å². The summed E-state index contributed by atoms with van der Waals surface area (Å²) in [6.45, 7) is 0. The van der Waals surface area contributed by atoms with Crippen molar-refractivity contribution in [1.29, 1.82) is 0 Å². The standard InChI is InChI=1S/C16H12F3N3O2/c17-9-6-7-10(14(19)13(9)18)22-16(24)12-3-1-2-11(21-12)15(23)20-8-4-5-8/h1-3,6-8H,4-5H2,(H,20,23)(H,22,24). The van der Waals surface area contributed by atoms with Gasteiger partial charge in [0.2, 0.25) is 0 Å². The topological polar surface area (TPSA) is 71.1 Å². The molecule has 124 valence electrons. The Hall–Kier alpha value is -2.90. The Morgan fingerprint density at radius 3 is 2.29 bits per heavy atom. The van der Waals surface area contributed by atoms with Crippen LogP contribution in [-0.4, -0.2) is 22.8 Å². The largest absolute Gasteiger partial charge is 0.348 e. The molecule has 1 aromatic carbocycles. The van der Waals surface area contributed by atoms with E-state index in [1.165, 1.54) is 18.2 Å². The number of benzene rings is 1. The lowest BCUT2D eigenvalue weighted by atomic mass is 10.2. The Kier molecular flexibility index (Phi) is 4.20.